The van der Waals surface area contributed by atoms with E-state index in [1.807, 2.05) is 7.05 Å². The van der Waals surface area contributed by atoms with Gasteiger partial charge in [-0.15, -0.1) is 11.3 Å². The Bertz CT molecular complexity index is 460. The lowest BCUT2D eigenvalue weighted by atomic mass is 10.1. The molecule has 2 N–H and O–H groups in total. The van der Waals surface area contributed by atoms with E-state index in [-0.39, 0.29) is 6.04 Å². The van der Waals surface area contributed by atoms with Crippen molar-refractivity contribution in [3.05, 3.63) is 36.8 Å². The number of aryl methyl sites for hydroxylation is 1. The van der Waals surface area contributed by atoms with Gasteiger partial charge in [0.25, 0.3) is 0 Å². The van der Waals surface area contributed by atoms with Crippen LogP contribution in [0.3, 0.4) is 0 Å². The van der Waals surface area contributed by atoms with E-state index < -0.39 is 0 Å². The zero-order valence-electron chi connectivity index (χ0n) is 7.95. The molecule has 0 aliphatic rings. The van der Waals surface area contributed by atoms with E-state index in [0.717, 1.165) is 11.3 Å². The van der Waals surface area contributed by atoms with E-state index in [1.54, 1.807) is 22.2 Å². The van der Waals surface area contributed by atoms with Gasteiger partial charge in [-0.05, 0) is 39.6 Å². The molecule has 2 rings (SSSR count). The Kier molecular flexibility index (Phi) is 3.34. The van der Waals surface area contributed by atoms with E-state index in [2.05, 4.69) is 39.1 Å². The zero-order valence-corrected chi connectivity index (χ0v) is 11.7. The Hall–Kier alpha value is -0.110. The summed E-state index contributed by atoms with van der Waals surface area (Å²) in [5, 5.41) is 6.74. The van der Waals surface area contributed by atoms with Crippen LogP contribution in [-0.4, -0.2) is 9.78 Å². The molecule has 0 aromatic carbocycles. The number of thiophene rings is 1. The predicted octanol–water partition coefficient (Wildman–Crippen LogP) is 2.79. The molecule has 3 nitrogen and oxygen atoms in total. The number of halogens is 2. The minimum atomic E-state index is -0.204. The lowest BCUT2D eigenvalue weighted by molar-refractivity contribution is 0.674. The SMILES string of the molecule is Cn1ncc(Cl)c1C(N)c1csc(I)c1. The van der Waals surface area contributed by atoms with Gasteiger partial charge in [0, 0.05) is 7.05 Å². The second-order valence-corrected chi connectivity index (χ2v) is 6.38. The molecule has 0 aliphatic carbocycles. The molecule has 6 heteroatoms. The van der Waals surface area contributed by atoms with E-state index in [9.17, 15) is 0 Å². The standard InChI is InChI=1S/C9H9ClIN3S/c1-14-9(6(10)3-13-14)8(12)5-2-7(11)15-4-5/h2-4,8H,12H2,1H3. The second kappa shape index (κ2) is 4.40. The lowest BCUT2D eigenvalue weighted by Crippen LogP contribution is -2.15. The fourth-order valence-electron chi connectivity index (χ4n) is 1.41. The van der Waals surface area contributed by atoms with E-state index in [1.165, 1.54) is 2.88 Å². The van der Waals surface area contributed by atoms with Crippen LogP contribution in [0.25, 0.3) is 0 Å². The average Bonchev–Trinajstić information content (AvgIpc) is 2.73. The van der Waals surface area contributed by atoms with Gasteiger partial charge in [-0.1, -0.05) is 11.6 Å². The monoisotopic (exact) mass is 353 g/mol. The maximum atomic E-state index is 6.13. The molecule has 1 unspecified atom stereocenters. The Balaban J connectivity index is 2.40. The van der Waals surface area contributed by atoms with E-state index >= 15 is 0 Å². The highest BCUT2D eigenvalue weighted by Crippen LogP contribution is 2.29. The Morgan fingerprint density at radius 1 is 1.67 bits per heavy atom. The van der Waals surface area contributed by atoms with Crippen molar-refractivity contribution in [2.45, 2.75) is 6.04 Å². The van der Waals surface area contributed by atoms with Crippen LogP contribution >= 0.6 is 45.5 Å². The maximum Gasteiger partial charge on any atom is 0.0837 e. The van der Waals surface area contributed by atoms with Crippen LogP contribution in [0.15, 0.2) is 17.6 Å². The van der Waals surface area contributed by atoms with Crippen molar-refractivity contribution in [1.82, 2.24) is 9.78 Å². The molecule has 0 saturated heterocycles. The average molecular weight is 354 g/mol. The minimum absolute atomic E-state index is 0.204. The molecule has 2 aromatic heterocycles. The van der Waals surface area contributed by atoms with Crippen LogP contribution in [0.2, 0.25) is 5.02 Å². The lowest BCUT2D eigenvalue weighted by Gasteiger charge is -2.10. The van der Waals surface area contributed by atoms with Gasteiger partial charge in [-0.25, -0.2) is 0 Å². The summed E-state index contributed by atoms with van der Waals surface area (Å²) < 4.78 is 2.94. The first-order chi connectivity index (χ1) is 7.09. The molecular weight excluding hydrogens is 345 g/mol. The largest absolute Gasteiger partial charge is 0.319 e. The van der Waals surface area contributed by atoms with Gasteiger partial charge in [-0.2, -0.15) is 5.10 Å². The first-order valence-electron chi connectivity index (χ1n) is 4.26. The third kappa shape index (κ3) is 2.20. The first-order valence-corrected chi connectivity index (χ1v) is 6.60. The van der Waals surface area contributed by atoms with Gasteiger partial charge in [0.2, 0.25) is 0 Å². The Morgan fingerprint density at radius 3 is 2.87 bits per heavy atom. The van der Waals surface area contributed by atoms with Gasteiger partial charge in [0.1, 0.15) is 0 Å². The van der Waals surface area contributed by atoms with Crippen molar-refractivity contribution >= 4 is 45.5 Å². The van der Waals surface area contributed by atoms with Crippen molar-refractivity contribution in [3.8, 4) is 0 Å². The number of aromatic nitrogens is 2. The summed E-state index contributed by atoms with van der Waals surface area (Å²) in [5.74, 6) is 0. The van der Waals surface area contributed by atoms with Gasteiger partial charge >= 0.3 is 0 Å². The molecule has 0 radical (unpaired) electrons. The molecule has 0 aliphatic heterocycles. The van der Waals surface area contributed by atoms with Crippen molar-refractivity contribution < 1.29 is 0 Å². The zero-order chi connectivity index (χ0) is 11.0. The molecule has 0 saturated carbocycles. The molecule has 0 spiro atoms. The Labute approximate surface area is 110 Å². The summed E-state index contributed by atoms with van der Waals surface area (Å²) in [5.41, 5.74) is 8.07. The fourth-order valence-corrected chi connectivity index (χ4v) is 3.11. The third-order valence-electron chi connectivity index (χ3n) is 2.18. The van der Waals surface area contributed by atoms with Gasteiger partial charge in [0.05, 0.1) is 25.8 Å². The molecule has 0 bridgehead atoms. The topological polar surface area (TPSA) is 43.8 Å². The highest BCUT2D eigenvalue weighted by Gasteiger charge is 2.17. The fraction of sp³-hybridized carbons (Fsp3) is 0.222. The highest BCUT2D eigenvalue weighted by molar-refractivity contribution is 14.1. The molecular formula is C9H9ClIN3S. The van der Waals surface area contributed by atoms with Crippen LogP contribution in [0.5, 0.6) is 0 Å². The minimum Gasteiger partial charge on any atom is -0.319 e. The van der Waals surface area contributed by atoms with Crippen LogP contribution in [-0.2, 0) is 7.05 Å². The summed E-state index contributed by atoms with van der Waals surface area (Å²) in [7, 11) is 1.85. The number of nitrogens with two attached hydrogens (primary N) is 1. The van der Waals surface area contributed by atoms with Crippen LogP contribution in [0.4, 0.5) is 0 Å². The summed E-state index contributed by atoms with van der Waals surface area (Å²) in [4.78, 5) is 0. The third-order valence-corrected chi connectivity index (χ3v) is 4.28. The maximum absolute atomic E-state index is 6.13. The highest BCUT2D eigenvalue weighted by atomic mass is 127. The van der Waals surface area contributed by atoms with Gasteiger partial charge in [-0.3, -0.25) is 4.68 Å². The van der Waals surface area contributed by atoms with Crippen molar-refractivity contribution in [3.63, 3.8) is 0 Å². The molecule has 80 valence electrons. The molecule has 2 aromatic rings. The Morgan fingerprint density at radius 2 is 2.40 bits per heavy atom. The number of hydrogen-bond donors (Lipinski definition) is 1. The molecule has 0 amide bonds. The molecule has 15 heavy (non-hydrogen) atoms. The molecule has 0 fully saturated rings. The van der Waals surface area contributed by atoms with E-state index in [4.69, 9.17) is 17.3 Å². The quantitative estimate of drug-likeness (QED) is 0.844. The van der Waals surface area contributed by atoms with Gasteiger partial charge < -0.3 is 5.73 Å². The van der Waals surface area contributed by atoms with Crippen LogP contribution in [0, 0.1) is 2.88 Å². The van der Waals surface area contributed by atoms with Crippen molar-refractivity contribution in [1.29, 1.82) is 0 Å². The van der Waals surface area contributed by atoms with Crippen LogP contribution < -0.4 is 5.73 Å². The molecule has 2 heterocycles. The van der Waals surface area contributed by atoms with Crippen molar-refractivity contribution in [2.75, 3.05) is 0 Å². The number of nitrogens with zero attached hydrogens (tertiary/aromatic N) is 2. The summed E-state index contributed by atoms with van der Waals surface area (Å²) in [6.07, 6.45) is 1.62. The predicted molar refractivity (Wildman–Crippen MR) is 71.3 cm³/mol. The smallest absolute Gasteiger partial charge is 0.0837 e. The van der Waals surface area contributed by atoms with E-state index in [0.29, 0.717) is 5.02 Å². The number of hydrogen-bond acceptors (Lipinski definition) is 3. The first kappa shape index (κ1) is 11.4. The summed E-state index contributed by atoms with van der Waals surface area (Å²) in [6.45, 7) is 0. The van der Waals surface area contributed by atoms with Crippen LogP contribution in [0.1, 0.15) is 17.3 Å². The van der Waals surface area contributed by atoms with Gasteiger partial charge in [0.15, 0.2) is 0 Å². The molecule has 1 atom stereocenters. The summed E-state index contributed by atoms with van der Waals surface area (Å²) >= 11 is 9.99. The normalized spacial score (nSPS) is 13.1. The summed E-state index contributed by atoms with van der Waals surface area (Å²) in [6, 6.07) is 1.86. The van der Waals surface area contributed by atoms with Crippen molar-refractivity contribution in [2.24, 2.45) is 12.8 Å². The number of rotatable bonds is 2. The second-order valence-electron chi connectivity index (χ2n) is 3.16.